The SMILES string of the molecule is Cc1ncn(-c2ccc([C@H](C)O)cc2)c1C. The zero-order valence-electron chi connectivity index (χ0n) is 9.81. The van der Waals surface area contributed by atoms with Gasteiger partial charge in [-0.25, -0.2) is 4.98 Å². The summed E-state index contributed by atoms with van der Waals surface area (Å²) in [4.78, 5) is 4.26. The van der Waals surface area contributed by atoms with Crippen molar-refractivity contribution >= 4 is 0 Å². The van der Waals surface area contributed by atoms with Gasteiger partial charge in [-0.2, -0.15) is 0 Å². The van der Waals surface area contributed by atoms with Crippen LogP contribution in [0.15, 0.2) is 30.6 Å². The minimum Gasteiger partial charge on any atom is -0.389 e. The lowest BCUT2D eigenvalue weighted by Crippen LogP contribution is -1.97. The topological polar surface area (TPSA) is 38.0 Å². The molecule has 0 bridgehead atoms. The second kappa shape index (κ2) is 4.10. The van der Waals surface area contributed by atoms with E-state index >= 15 is 0 Å². The number of aliphatic hydroxyl groups is 1. The van der Waals surface area contributed by atoms with Gasteiger partial charge in [-0.15, -0.1) is 0 Å². The zero-order valence-corrected chi connectivity index (χ0v) is 9.81. The third-order valence-corrected chi connectivity index (χ3v) is 2.91. The Morgan fingerprint density at radius 3 is 2.25 bits per heavy atom. The van der Waals surface area contributed by atoms with Gasteiger partial charge in [0, 0.05) is 11.4 Å². The minimum atomic E-state index is -0.417. The van der Waals surface area contributed by atoms with Crippen molar-refractivity contribution in [1.82, 2.24) is 9.55 Å². The molecule has 84 valence electrons. The highest BCUT2D eigenvalue weighted by Gasteiger charge is 2.05. The van der Waals surface area contributed by atoms with Gasteiger partial charge in [0.25, 0.3) is 0 Å². The highest BCUT2D eigenvalue weighted by Crippen LogP contribution is 2.17. The van der Waals surface area contributed by atoms with Gasteiger partial charge in [-0.3, -0.25) is 0 Å². The summed E-state index contributed by atoms with van der Waals surface area (Å²) in [7, 11) is 0. The van der Waals surface area contributed by atoms with E-state index in [-0.39, 0.29) is 0 Å². The van der Waals surface area contributed by atoms with Crippen molar-refractivity contribution in [3.63, 3.8) is 0 Å². The van der Waals surface area contributed by atoms with Crippen molar-refractivity contribution in [3.8, 4) is 5.69 Å². The number of nitrogens with zero attached hydrogens (tertiary/aromatic N) is 2. The van der Waals surface area contributed by atoms with Crippen LogP contribution in [0.2, 0.25) is 0 Å². The van der Waals surface area contributed by atoms with Crippen LogP contribution in [0, 0.1) is 13.8 Å². The molecule has 0 spiro atoms. The molecule has 2 rings (SSSR count). The van der Waals surface area contributed by atoms with Crippen molar-refractivity contribution in [2.24, 2.45) is 0 Å². The molecule has 16 heavy (non-hydrogen) atoms. The number of aryl methyl sites for hydroxylation is 1. The fraction of sp³-hybridized carbons (Fsp3) is 0.308. The first-order chi connectivity index (χ1) is 7.59. The summed E-state index contributed by atoms with van der Waals surface area (Å²) in [6.45, 7) is 5.81. The molecule has 0 unspecified atom stereocenters. The fourth-order valence-electron chi connectivity index (χ4n) is 1.67. The molecular weight excluding hydrogens is 200 g/mol. The molecule has 1 atom stereocenters. The number of hydrogen-bond donors (Lipinski definition) is 1. The van der Waals surface area contributed by atoms with E-state index in [1.54, 1.807) is 6.92 Å². The first-order valence-corrected chi connectivity index (χ1v) is 5.38. The van der Waals surface area contributed by atoms with E-state index in [1.807, 2.05) is 49.0 Å². The van der Waals surface area contributed by atoms with E-state index < -0.39 is 6.10 Å². The number of aromatic nitrogens is 2. The van der Waals surface area contributed by atoms with Crippen LogP contribution in [0.1, 0.15) is 30.0 Å². The molecule has 0 radical (unpaired) electrons. The molecule has 1 aromatic heterocycles. The average molecular weight is 216 g/mol. The lowest BCUT2D eigenvalue weighted by molar-refractivity contribution is 0.199. The second-order valence-corrected chi connectivity index (χ2v) is 4.05. The maximum atomic E-state index is 9.42. The van der Waals surface area contributed by atoms with Crippen LogP contribution < -0.4 is 0 Å². The molecule has 1 heterocycles. The van der Waals surface area contributed by atoms with Crippen molar-refractivity contribution in [3.05, 3.63) is 47.5 Å². The summed E-state index contributed by atoms with van der Waals surface area (Å²) in [6.07, 6.45) is 1.40. The third kappa shape index (κ3) is 1.86. The van der Waals surface area contributed by atoms with Crippen molar-refractivity contribution in [1.29, 1.82) is 0 Å². The Balaban J connectivity index is 2.38. The summed E-state index contributed by atoms with van der Waals surface area (Å²) < 4.78 is 2.04. The number of aliphatic hydroxyl groups excluding tert-OH is 1. The number of hydrogen-bond acceptors (Lipinski definition) is 2. The molecule has 3 heteroatoms. The first-order valence-electron chi connectivity index (χ1n) is 5.38. The summed E-state index contributed by atoms with van der Waals surface area (Å²) in [5.74, 6) is 0. The molecule has 0 saturated heterocycles. The van der Waals surface area contributed by atoms with Gasteiger partial charge >= 0.3 is 0 Å². The van der Waals surface area contributed by atoms with E-state index in [9.17, 15) is 5.11 Å². The number of imidazole rings is 1. The van der Waals surface area contributed by atoms with Crippen molar-refractivity contribution in [2.45, 2.75) is 26.9 Å². The van der Waals surface area contributed by atoms with E-state index in [0.29, 0.717) is 0 Å². The molecule has 2 aromatic rings. The Morgan fingerprint density at radius 2 is 1.81 bits per heavy atom. The van der Waals surface area contributed by atoms with Crippen LogP contribution in [0.25, 0.3) is 5.69 Å². The smallest absolute Gasteiger partial charge is 0.0997 e. The van der Waals surface area contributed by atoms with E-state index in [1.165, 1.54) is 0 Å². The van der Waals surface area contributed by atoms with Crippen LogP contribution in [-0.4, -0.2) is 14.7 Å². The van der Waals surface area contributed by atoms with Gasteiger partial charge in [-0.1, -0.05) is 12.1 Å². The second-order valence-electron chi connectivity index (χ2n) is 4.05. The predicted octanol–water partition coefficient (Wildman–Crippen LogP) is 2.54. The largest absolute Gasteiger partial charge is 0.389 e. The summed E-state index contributed by atoms with van der Waals surface area (Å²) >= 11 is 0. The Labute approximate surface area is 95.4 Å². The molecule has 0 aliphatic rings. The first kappa shape index (κ1) is 10.9. The summed E-state index contributed by atoms with van der Waals surface area (Å²) in [6, 6.07) is 7.87. The van der Waals surface area contributed by atoms with Crippen molar-refractivity contribution in [2.75, 3.05) is 0 Å². The van der Waals surface area contributed by atoms with Gasteiger partial charge in [0.05, 0.1) is 18.1 Å². The maximum absolute atomic E-state index is 9.42. The van der Waals surface area contributed by atoms with Crippen LogP contribution in [0.3, 0.4) is 0 Å². The van der Waals surface area contributed by atoms with Gasteiger partial charge in [0.2, 0.25) is 0 Å². The molecular formula is C13H16N2O. The molecule has 0 saturated carbocycles. The zero-order chi connectivity index (χ0) is 11.7. The van der Waals surface area contributed by atoms with E-state index in [0.717, 1.165) is 22.6 Å². The Hall–Kier alpha value is -1.61. The van der Waals surface area contributed by atoms with Crippen LogP contribution in [0.4, 0.5) is 0 Å². The van der Waals surface area contributed by atoms with Crippen LogP contribution in [0.5, 0.6) is 0 Å². The summed E-state index contributed by atoms with van der Waals surface area (Å²) in [5, 5.41) is 9.42. The summed E-state index contributed by atoms with van der Waals surface area (Å²) in [5.41, 5.74) is 4.19. The Bertz CT molecular complexity index is 483. The normalized spacial score (nSPS) is 12.8. The number of rotatable bonds is 2. The standard InChI is InChI=1S/C13H16N2O/c1-9-10(2)15(8-14-9)13-6-4-12(5-7-13)11(3)16/h4-8,11,16H,1-3H3/t11-/m0/s1. The monoisotopic (exact) mass is 216 g/mol. The number of benzene rings is 1. The van der Waals surface area contributed by atoms with E-state index in [4.69, 9.17) is 0 Å². The van der Waals surface area contributed by atoms with Crippen molar-refractivity contribution < 1.29 is 5.11 Å². The Kier molecular flexibility index (Phi) is 2.79. The lowest BCUT2D eigenvalue weighted by Gasteiger charge is -2.08. The fourth-order valence-corrected chi connectivity index (χ4v) is 1.67. The molecule has 1 N–H and O–H groups in total. The Morgan fingerprint density at radius 1 is 1.19 bits per heavy atom. The molecule has 3 nitrogen and oxygen atoms in total. The average Bonchev–Trinajstić information content (AvgIpc) is 2.60. The maximum Gasteiger partial charge on any atom is 0.0997 e. The molecule has 1 aromatic carbocycles. The predicted molar refractivity (Wildman–Crippen MR) is 63.7 cm³/mol. The van der Waals surface area contributed by atoms with E-state index in [2.05, 4.69) is 4.98 Å². The van der Waals surface area contributed by atoms with Crippen LogP contribution >= 0.6 is 0 Å². The van der Waals surface area contributed by atoms with Gasteiger partial charge in [0.1, 0.15) is 0 Å². The lowest BCUT2D eigenvalue weighted by atomic mass is 10.1. The van der Waals surface area contributed by atoms with Gasteiger partial charge in [-0.05, 0) is 38.5 Å². The van der Waals surface area contributed by atoms with Gasteiger partial charge in [0.15, 0.2) is 0 Å². The minimum absolute atomic E-state index is 0.417. The quantitative estimate of drug-likeness (QED) is 0.837. The highest BCUT2D eigenvalue weighted by atomic mass is 16.3. The van der Waals surface area contributed by atoms with Crippen LogP contribution in [-0.2, 0) is 0 Å². The highest BCUT2D eigenvalue weighted by molar-refractivity contribution is 5.37. The molecule has 0 amide bonds. The van der Waals surface area contributed by atoms with Gasteiger partial charge < -0.3 is 9.67 Å². The molecule has 0 aliphatic heterocycles. The molecule has 0 fully saturated rings. The third-order valence-electron chi connectivity index (χ3n) is 2.91. The molecule has 0 aliphatic carbocycles.